The topological polar surface area (TPSA) is 90.1 Å². The highest BCUT2D eigenvalue weighted by Crippen LogP contribution is 2.20. The van der Waals surface area contributed by atoms with Gasteiger partial charge in [-0.05, 0) is 25.7 Å². The van der Waals surface area contributed by atoms with Crippen LogP contribution in [0.1, 0.15) is 44.3 Å². The van der Waals surface area contributed by atoms with E-state index in [-0.39, 0.29) is 17.9 Å². The van der Waals surface area contributed by atoms with Gasteiger partial charge in [0.15, 0.2) is 0 Å². The predicted octanol–water partition coefficient (Wildman–Crippen LogP) is 1.39. The smallest absolute Gasteiger partial charge is 0.317 e. The molecule has 7 heteroatoms. The molecule has 2 aliphatic rings. The monoisotopic (exact) mass is 319 g/mol. The lowest BCUT2D eigenvalue weighted by atomic mass is 9.97. The number of carbonyl (C=O) groups excluding carboxylic acids is 2. The number of aromatic nitrogens is 2. The number of rotatable bonds is 4. The maximum absolute atomic E-state index is 12.3. The second-order valence-corrected chi connectivity index (χ2v) is 6.47. The number of hydrogen-bond acceptors (Lipinski definition) is 3. The van der Waals surface area contributed by atoms with Crippen molar-refractivity contribution in [3.8, 4) is 0 Å². The van der Waals surface area contributed by atoms with Crippen molar-refractivity contribution in [2.75, 3.05) is 13.1 Å². The first-order valence-corrected chi connectivity index (χ1v) is 8.54. The number of carbonyl (C=O) groups is 2. The van der Waals surface area contributed by atoms with Gasteiger partial charge in [-0.15, -0.1) is 0 Å². The highest BCUT2D eigenvalue weighted by atomic mass is 16.2. The number of aromatic amines is 1. The van der Waals surface area contributed by atoms with E-state index in [0.717, 1.165) is 38.1 Å². The van der Waals surface area contributed by atoms with E-state index in [4.69, 9.17) is 0 Å². The van der Waals surface area contributed by atoms with Crippen LogP contribution in [0.5, 0.6) is 0 Å². The number of nitrogens with one attached hydrogen (secondary N) is 3. The number of likely N-dealkylation sites (tertiary alicyclic amines) is 1. The summed E-state index contributed by atoms with van der Waals surface area (Å²) in [5, 5.41) is 6.00. The summed E-state index contributed by atoms with van der Waals surface area (Å²) >= 11 is 0. The lowest BCUT2D eigenvalue weighted by molar-refractivity contribution is -0.126. The Morgan fingerprint density at radius 1 is 1.26 bits per heavy atom. The third kappa shape index (κ3) is 4.24. The normalized spacial score (nSPS) is 22.1. The molecule has 3 N–H and O–H groups in total. The Hall–Kier alpha value is -2.05. The van der Waals surface area contributed by atoms with E-state index in [1.165, 1.54) is 12.8 Å². The maximum atomic E-state index is 12.3. The van der Waals surface area contributed by atoms with Crippen LogP contribution < -0.4 is 10.6 Å². The Labute approximate surface area is 136 Å². The van der Waals surface area contributed by atoms with Gasteiger partial charge in [0.05, 0.1) is 12.5 Å². The van der Waals surface area contributed by atoms with Crippen molar-refractivity contribution < 1.29 is 9.59 Å². The molecule has 1 atom stereocenters. The minimum absolute atomic E-state index is 0.000216. The zero-order chi connectivity index (χ0) is 16.1. The summed E-state index contributed by atoms with van der Waals surface area (Å²) in [5.74, 6) is 0.609. The Morgan fingerprint density at radius 2 is 2.09 bits per heavy atom. The molecule has 1 saturated heterocycles. The van der Waals surface area contributed by atoms with Gasteiger partial charge in [0.1, 0.15) is 5.82 Å². The number of urea groups is 1. The zero-order valence-electron chi connectivity index (χ0n) is 13.4. The SMILES string of the molecule is O=C(NCc1ncc[nH]1)C1CCCN(C(=O)NC2CCCC2)C1. The van der Waals surface area contributed by atoms with Gasteiger partial charge in [-0.2, -0.15) is 0 Å². The summed E-state index contributed by atoms with van der Waals surface area (Å²) < 4.78 is 0. The van der Waals surface area contributed by atoms with Gasteiger partial charge >= 0.3 is 6.03 Å². The van der Waals surface area contributed by atoms with Crippen LogP contribution in [0.3, 0.4) is 0 Å². The quantitative estimate of drug-likeness (QED) is 0.783. The van der Waals surface area contributed by atoms with E-state index in [1.807, 2.05) is 0 Å². The van der Waals surface area contributed by atoms with Crippen molar-refractivity contribution in [2.45, 2.75) is 51.1 Å². The van der Waals surface area contributed by atoms with Gasteiger partial charge in [0.2, 0.25) is 5.91 Å². The van der Waals surface area contributed by atoms with Crippen molar-refractivity contribution in [1.82, 2.24) is 25.5 Å². The van der Waals surface area contributed by atoms with Crippen molar-refractivity contribution in [2.24, 2.45) is 5.92 Å². The van der Waals surface area contributed by atoms with Crippen molar-refractivity contribution in [1.29, 1.82) is 0 Å². The second kappa shape index (κ2) is 7.48. The summed E-state index contributed by atoms with van der Waals surface area (Å²) in [5.41, 5.74) is 0. The Morgan fingerprint density at radius 3 is 2.83 bits per heavy atom. The molecule has 0 radical (unpaired) electrons. The number of H-pyrrole nitrogens is 1. The van der Waals surface area contributed by atoms with Crippen LogP contribution in [0, 0.1) is 5.92 Å². The first kappa shape index (κ1) is 15.8. The molecule has 2 fully saturated rings. The molecular weight excluding hydrogens is 294 g/mol. The molecule has 0 bridgehead atoms. The fourth-order valence-corrected chi connectivity index (χ4v) is 3.42. The lowest BCUT2D eigenvalue weighted by Gasteiger charge is -2.32. The molecule has 1 aliphatic heterocycles. The fraction of sp³-hybridized carbons (Fsp3) is 0.688. The largest absolute Gasteiger partial charge is 0.349 e. The van der Waals surface area contributed by atoms with Gasteiger partial charge in [-0.1, -0.05) is 12.8 Å². The van der Waals surface area contributed by atoms with Crippen LogP contribution in [0.25, 0.3) is 0 Å². The number of hydrogen-bond donors (Lipinski definition) is 3. The minimum atomic E-state index is -0.131. The van der Waals surface area contributed by atoms with Gasteiger partial charge in [0, 0.05) is 31.5 Å². The van der Waals surface area contributed by atoms with Crippen LogP contribution in [0.4, 0.5) is 4.79 Å². The second-order valence-electron chi connectivity index (χ2n) is 6.47. The Kier molecular flexibility index (Phi) is 5.15. The predicted molar refractivity (Wildman–Crippen MR) is 85.5 cm³/mol. The number of amides is 3. The minimum Gasteiger partial charge on any atom is -0.349 e. The van der Waals surface area contributed by atoms with Crippen LogP contribution in [0.15, 0.2) is 12.4 Å². The Balaban J connectivity index is 1.46. The van der Waals surface area contributed by atoms with Crippen molar-refractivity contribution in [3.63, 3.8) is 0 Å². The molecule has 1 saturated carbocycles. The third-order valence-corrected chi connectivity index (χ3v) is 4.75. The molecule has 126 valence electrons. The molecule has 1 unspecified atom stereocenters. The first-order valence-electron chi connectivity index (χ1n) is 8.54. The molecule has 0 aromatic carbocycles. The van der Waals surface area contributed by atoms with Gasteiger partial charge in [-0.25, -0.2) is 9.78 Å². The van der Waals surface area contributed by atoms with Crippen LogP contribution in [-0.4, -0.2) is 45.9 Å². The molecule has 1 aromatic heterocycles. The van der Waals surface area contributed by atoms with E-state index in [1.54, 1.807) is 17.3 Å². The molecule has 1 aliphatic carbocycles. The molecule has 23 heavy (non-hydrogen) atoms. The highest BCUT2D eigenvalue weighted by Gasteiger charge is 2.29. The number of nitrogens with zero attached hydrogens (tertiary/aromatic N) is 2. The summed E-state index contributed by atoms with van der Waals surface area (Å²) in [6, 6.07) is 0.302. The molecule has 7 nitrogen and oxygen atoms in total. The van der Waals surface area contributed by atoms with Crippen molar-refractivity contribution in [3.05, 3.63) is 18.2 Å². The zero-order valence-corrected chi connectivity index (χ0v) is 13.4. The molecule has 3 amide bonds. The first-order chi connectivity index (χ1) is 11.2. The van der Waals surface area contributed by atoms with Gasteiger partial charge in [-0.3, -0.25) is 4.79 Å². The van der Waals surface area contributed by atoms with Crippen LogP contribution in [0.2, 0.25) is 0 Å². The average molecular weight is 319 g/mol. The number of imidazole rings is 1. The molecular formula is C16H25N5O2. The van der Waals surface area contributed by atoms with Crippen LogP contribution in [-0.2, 0) is 11.3 Å². The summed E-state index contributed by atoms with van der Waals surface area (Å²) in [4.78, 5) is 33.5. The van der Waals surface area contributed by atoms with E-state index in [9.17, 15) is 9.59 Å². The van der Waals surface area contributed by atoms with E-state index in [2.05, 4.69) is 20.6 Å². The van der Waals surface area contributed by atoms with Gasteiger partial charge < -0.3 is 20.5 Å². The molecule has 1 aromatic rings. The third-order valence-electron chi connectivity index (χ3n) is 4.75. The van der Waals surface area contributed by atoms with E-state index >= 15 is 0 Å². The van der Waals surface area contributed by atoms with Gasteiger partial charge in [0.25, 0.3) is 0 Å². The molecule has 3 rings (SSSR count). The fourth-order valence-electron chi connectivity index (χ4n) is 3.42. The molecule has 0 spiro atoms. The highest BCUT2D eigenvalue weighted by molar-refractivity contribution is 5.80. The summed E-state index contributed by atoms with van der Waals surface area (Å²) in [6.07, 6.45) is 9.65. The Bertz CT molecular complexity index is 525. The van der Waals surface area contributed by atoms with Crippen LogP contribution >= 0.6 is 0 Å². The van der Waals surface area contributed by atoms with Crippen molar-refractivity contribution >= 4 is 11.9 Å². The van der Waals surface area contributed by atoms with E-state index in [0.29, 0.717) is 19.1 Å². The van der Waals surface area contributed by atoms with E-state index < -0.39 is 0 Å². The standard InChI is InChI=1S/C16H25N5O2/c22-15(19-10-14-17-7-8-18-14)12-4-3-9-21(11-12)16(23)20-13-5-1-2-6-13/h7-8,12-13H,1-6,9-11H2,(H,17,18)(H,19,22)(H,20,23). The number of piperidine rings is 1. The lowest BCUT2D eigenvalue weighted by Crippen LogP contribution is -2.50. The maximum Gasteiger partial charge on any atom is 0.317 e. The average Bonchev–Trinajstić information content (AvgIpc) is 3.26. The summed E-state index contributed by atoms with van der Waals surface area (Å²) in [6.45, 7) is 1.64. The molecule has 2 heterocycles. The summed E-state index contributed by atoms with van der Waals surface area (Å²) in [7, 11) is 0.